The van der Waals surface area contributed by atoms with Crippen molar-refractivity contribution in [3.8, 4) is 0 Å². The molecule has 0 saturated carbocycles. The van der Waals surface area contributed by atoms with E-state index in [2.05, 4.69) is 0 Å². The van der Waals surface area contributed by atoms with Crippen molar-refractivity contribution in [2.75, 3.05) is 26.2 Å². The van der Waals surface area contributed by atoms with E-state index in [-0.39, 0.29) is 22.4 Å². The van der Waals surface area contributed by atoms with Crippen LogP contribution < -0.4 is 5.73 Å². The highest BCUT2D eigenvalue weighted by Crippen LogP contribution is 2.24. The van der Waals surface area contributed by atoms with Gasteiger partial charge in [-0.2, -0.15) is 8.61 Å². The molecule has 0 amide bonds. The maximum Gasteiger partial charge on any atom is 0.243 e. The monoisotopic (exact) mass is 361 g/mol. The first-order valence-electron chi connectivity index (χ1n) is 7.59. The van der Waals surface area contributed by atoms with Crippen molar-refractivity contribution >= 4 is 20.0 Å². The summed E-state index contributed by atoms with van der Waals surface area (Å²) in [6.07, 6.45) is 0.608. The second kappa shape index (κ2) is 6.86. The number of benzene rings is 1. The van der Waals surface area contributed by atoms with Crippen LogP contribution in [0.3, 0.4) is 0 Å². The second-order valence-corrected chi connectivity index (χ2v) is 9.35. The smallest absolute Gasteiger partial charge is 0.243 e. The highest BCUT2D eigenvalue weighted by Gasteiger charge is 2.32. The third-order valence-electron chi connectivity index (χ3n) is 3.97. The first kappa shape index (κ1) is 18.3. The molecule has 9 heteroatoms. The molecule has 2 rings (SSSR count). The average Bonchev–Trinajstić information content (AvgIpc) is 2.96. The molecule has 0 radical (unpaired) electrons. The van der Waals surface area contributed by atoms with E-state index in [1.165, 1.54) is 32.9 Å². The zero-order valence-corrected chi connectivity index (χ0v) is 15.0. The fourth-order valence-corrected chi connectivity index (χ4v) is 5.77. The highest BCUT2D eigenvalue weighted by molar-refractivity contribution is 7.90. The fraction of sp³-hybridized carbons (Fsp3) is 0.571. The van der Waals surface area contributed by atoms with Gasteiger partial charge in [0.25, 0.3) is 0 Å². The SMILES string of the molecule is CCN(CC)S(=O)(=O)c1cccc(S(=O)(=O)N2CC[C@H](N)C2)c1. The van der Waals surface area contributed by atoms with Crippen LogP contribution in [0.4, 0.5) is 0 Å². The molecule has 1 aliphatic rings. The Morgan fingerprint density at radius 3 is 2.30 bits per heavy atom. The Morgan fingerprint density at radius 1 is 1.17 bits per heavy atom. The molecular formula is C14H23N3O4S2. The second-order valence-electron chi connectivity index (χ2n) is 5.48. The maximum atomic E-state index is 12.6. The predicted octanol–water partition coefficient (Wildman–Crippen LogP) is 0.439. The normalized spacial score (nSPS) is 20.3. The average molecular weight is 361 g/mol. The van der Waals surface area contributed by atoms with Gasteiger partial charge in [0.05, 0.1) is 9.79 Å². The fourth-order valence-electron chi connectivity index (χ4n) is 2.63. The van der Waals surface area contributed by atoms with Gasteiger partial charge in [0.2, 0.25) is 20.0 Å². The summed E-state index contributed by atoms with van der Waals surface area (Å²) in [4.78, 5) is -0.0226. The Hall–Kier alpha value is -1.00. The molecule has 1 aromatic carbocycles. The zero-order chi connectivity index (χ0) is 17.3. The minimum atomic E-state index is -3.72. The van der Waals surface area contributed by atoms with Gasteiger partial charge in [-0.1, -0.05) is 19.9 Å². The largest absolute Gasteiger partial charge is 0.326 e. The van der Waals surface area contributed by atoms with Crippen LogP contribution in [0.15, 0.2) is 34.1 Å². The lowest BCUT2D eigenvalue weighted by Crippen LogP contribution is -2.33. The van der Waals surface area contributed by atoms with E-state index in [9.17, 15) is 16.8 Å². The molecule has 1 fully saturated rings. The molecule has 7 nitrogen and oxygen atoms in total. The number of nitrogens with two attached hydrogens (primary N) is 1. The van der Waals surface area contributed by atoms with Gasteiger partial charge in [-0.3, -0.25) is 0 Å². The Balaban J connectivity index is 2.41. The molecule has 2 N–H and O–H groups in total. The Kier molecular flexibility index (Phi) is 5.47. The lowest BCUT2D eigenvalue weighted by molar-refractivity contribution is 0.445. The van der Waals surface area contributed by atoms with Gasteiger partial charge in [0.1, 0.15) is 0 Å². The van der Waals surface area contributed by atoms with E-state index >= 15 is 0 Å². The van der Waals surface area contributed by atoms with Crippen molar-refractivity contribution < 1.29 is 16.8 Å². The van der Waals surface area contributed by atoms with Crippen LogP contribution in [0.25, 0.3) is 0 Å². The molecule has 130 valence electrons. The molecule has 0 unspecified atom stereocenters. The van der Waals surface area contributed by atoms with E-state index in [1.54, 1.807) is 13.8 Å². The van der Waals surface area contributed by atoms with Gasteiger partial charge in [0.15, 0.2) is 0 Å². The van der Waals surface area contributed by atoms with Crippen molar-refractivity contribution in [2.45, 2.75) is 36.1 Å². The third kappa shape index (κ3) is 3.58. The van der Waals surface area contributed by atoms with E-state index in [4.69, 9.17) is 5.73 Å². The topological polar surface area (TPSA) is 101 Å². The third-order valence-corrected chi connectivity index (χ3v) is 7.88. The summed E-state index contributed by atoms with van der Waals surface area (Å²) in [5, 5.41) is 0. The molecule has 1 atom stereocenters. The molecule has 1 saturated heterocycles. The molecule has 0 spiro atoms. The number of sulfonamides is 2. The molecule has 0 bridgehead atoms. The number of rotatable bonds is 6. The quantitative estimate of drug-likeness (QED) is 0.792. The Morgan fingerprint density at radius 2 is 1.78 bits per heavy atom. The number of nitrogens with zero attached hydrogens (tertiary/aromatic N) is 2. The molecule has 0 aromatic heterocycles. The minimum absolute atomic E-state index is 0.00855. The van der Waals surface area contributed by atoms with Crippen LogP contribution in [-0.2, 0) is 20.0 Å². The summed E-state index contributed by atoms with van der Waals surface area (Å²) in [6.45, 7) is 4.76. The highest BCUT2D eigenvalue weighted by atomic mass is 32.2. The maximum absolute atomic E-state index is 12.6. The standard InChI is InChI=1S/C14H23N3O4S2/c1-3-16(4-2)22(18,19)13-6-5-7-14(10-13)23(20,21)17-9-8-12(15)11-17/h5-7,10,12H,3-4,8-9,11,15H2,1-2H3/t12-/m0/s1. The van der Waals surface area contributed by atoms with Crippen LogP contribution in [-0.4, -0.2) is 57.7 Å². The van der Waals surface area contributed by atoms with Crippen LogP contribution >= 0.6 is 0 Å². The summed E-state index contributed by atoms with van der Waals surface area (Å²) in [5.41, 5.74) is 5.77. The van der Waals surface area contributed by atoms with Gasteiger partial charge in [-0.05, 0) is 24.6 Å². The first-order valence-corrected chi connectivity index (χ1v) is 10.5. The van der Waals surface area contributed by atoms with E-state index in [0.29, 0.717) is 26.1 Å². The van der Waals surface area contributed by atoms with Gasteiger partial charge in [0, 0.05) is 32.2 Å². The molecule has 1 heterocycles. The first-order chi connectivity index (χ1) is 10.7. The molecule has 1 aliphatic heterocycles. The van der Waals surface area contributed by atoms with Crippen molar-refractivity contribution in [1.29, 1.82) is 0 Å². The van der Waals surface area contributed by atoms with Crippen molar-refractivity contribution in [2.24, 2.45) is 5.73 Å². The predicted molar refractivity (Wildman–Crippen MR) is 87.9 cm³/mol. The molecule has 23 heavy (non-hydrogen) atoms. The Bertz CT molecular complexity index is 758. The molecule has 1 aromatic rings. The lowest BCUT2D eigenvalue weighted by Gasteiger charge is -2.20. The van der Waals surface area contributed by atoms with E-state index in [0.717, 1.165) is 0 Å². The van der Waals surface area contributed by atoms with Crippen LogP contribution in [0, 0.1) is 0 Å². The number of hydrogen-bond acceptors (Lipinski definition) is 5. The van der Waals surface area contributed by atoms with Gasteiger partial charge in [-0.15, -0.1) is 0 Å². The summed E-state index contributed by atoms with van der Waals surface area (Å²) in [5.74, 6) is 0. The van der Waals surface area contributed by atoms with Crippen molar-refractivity contribution in [1.82, 2.24) is 8.61 Å². The van der Waals surface area contributed by atoms with Crippen molar-refractivity contribution in [3.63, 3.8) is 0 Å². The van der Waals surface area contributed by atoms with Gasteiger partial charge < -0.3 is 5.73 Å². The van der Waals surface area contributed by atoms with E-state index in [1.807, 2.05) is 0 Å². The zero-order valence-electron chi connectivity index (χ0n) is 13.3. The molecule has 0 aliphatic carbocycles. The lowest BCUT2D eigenvalue weighted by atomic mass is 10.3. The number of hydrogen-bond donors (Lipinski definition) is 1. The van der Waals surface area contributed by atoms with Crippen LogP contribution in [0.2, 0.25) is 0 Å². The van der Waals surface area contributed by atoms with Crippen LogP contribution in [0.1, 0.15) is 20.3 Å². The summed E-state index contributed by atoms with van der Waals surface area (Å²) < 4.78 is 53.0. The summed E-state index contributed by atoms with van der Waals surface area (Å²) in [7, 11) is -7.42. The van der Waals surface area contributed by atoms with Gasteiger partial charge >= 0.3 is 0 Å². The van der Waals surface area contributed by atoms with Crippen molar-refractivity contribution in [3.05, 3.63) is 24.3 Å². The summed E-state index contributed by atoms with van der Waals surface area (Å²) in [6, 6.07) is 5.35. The summed E-state index contributed by atoms with van der Waals surface area (Å²) >= 11 is 0. The van der Waals surface area contributed by atoms with Crippen LogP contribution in [0.5, 0.6) is 0 Å². The molecular weight excluding hydrogens is 338 g/mol. The van der Waals surface area contributed by atoms with E-state index < -0.39 is 20.0 Å². The Labute approximate surface area is 138 Å². The van der Waals surface area contributed by atoms with Gasteiger partial charge in [-0.25, -0.2) is 16.8 Å². The minimum Gasteiger partial charge on any atom is -0.326 e.